The lowest BCUT2D eigenvalue weighted by Gasteiger charge is -2.30. The zero-order chi connectivity index (χ0) is 28.3. The number of nitrogens with one attached hydrogen (secondary N) is 1. The molecule has 1 saturated heterocycles. The van der Waals surface area contributed by atoms with E-state index in [2.05, 4.69) is 15.0 Å². The molecule has 2 heterocycles. The molecule has 0 radical (unpaired) electrons. The van der Waals surface area contributed by atoms with Crippen LogP contribution in [-0.4, -0.2) is 60.7 Å². The molecular formula is C25H26F4N4O5S. The van der Waals surface area contributed by atoms with Crippen molar-refractivity contribution in [2.75, 3.05) is 31.3 Å². The molecule has 39 heavy (non-hydrogen) atoms. The average Bonchev–Trinajstić information content (AvgIpc) is 3.31. The minimum Gasteiger partial charge on any atom is -0.497 e. The van der Waals surface area contributed by atoms with Crippen molar-refractivity contribution >= 4 is 21.9 Å². The monoisotopic (exact) mass is 570 g/mol. The van der Waals surface area contributed by atoms with Gasteiger partial charge in [-0.15, -0.1) is 0 Å². The molecule has 1 fully saturated rings. The predicted octanol–water partition coefficient (Wildman–Crippen LogP) is 4.54. The number of hydrogen-bond acceptors (Lipinski definition) is 6. The van der Waals surface area contributed by atoms with E-state index in [9.17, 15) is 22.0 Å². The van der Waals surface area contributed by atoms with Crippen molar-refractivity contribution in [1.29, 1.82) is 0 Å². The van der Waals surface area contributed by atoms with Crippen LogP contribution in [0.4, 0.5) is 23.5 Å². The normalized spacial score (nSPS) is 14.9. The largest absolute Gasteiger partial charge is 0.497 e. The molecule has 14 heteroatoms. The van der Waals surface area contributed by atoms with Crippen LogP contribution in [0, 0.1) is 11.6 Å². The predicted molar refractivity (Wildman–Crippen MR) is 134 cm³/mol. The van der Waals surface area contributed by atoms with Gasteiger partial charge in [0.2, 0.25) is 16.0 Å². The number of rotatable bonds is 9. The molecule has 4 rings (SSSR count). The molecule has 0 aliphatic carbocycles. The number of carbonyl (C=O) groups is 1. The van der Waals surface area contributed by atoms with E-state index in [1.165, 1.54) is 41.9 Å². The van der Waals surface area contributed by atoms with Crippen LogP contribution in [0.3, 0.4) is 0 Å². The quantitative estimate of drug-likeness (QED) is 0.379. The maximum Gasteiger partial charge on any atom is 0.387 e. The zero-order valence-corrected chi connectivity index (χ0v) is 21.9. The summed E-state index contributed by atoms with van der Waals surface area (Å²) in [5, 5.41) is 2.52. The Morgan fingerprint density at radius 1 is 1.10 bits per heavy atom. The number of alkyl halides is 2. The third-order valence-corrected chi connectivity index (χ3v) is 8.27. The Bertz CT molecular complexity index is 1420. The summed E-state index contributed by atoms with van der Waals surface area (Å²) in [4.78, 5) is 17.4. The van der Waals surface area contributed by atoms with E-state index in [1.54, 1.807) is 6.92 Å². The molecule has 210 valence electrons. The number of hydrogen-bond donors (Lipinski definition) is 1. The standard InChI is InChI=1S/C25H26F4N4O5S/c1-3-39(35,36)32-10-8-15(9-11-32)21-14-33(22-19(26)12-18(37-2)13-20(22)27)25(30-21)31-23(34)16-4-6-17(7-5-16)38-24(28)29/h4-7,12-15,24H,3,8-11H2,1-2H3,(H,30,31,34). The fourth-order valence-corrected chi connectivity index (χ4v) is 5.45. The topological polar surface area (TPSA) is 103 Å². The summed E-state index contributed by atoms with van der Waals surface area (Å²) < 4.78 is 91.0. The maximum absolute atomic E-state index is 15.0. The molecule has 0 unspecified atom stereocenters. The number of carbonyl (C=O) groups excluding carboxylic acids is 1. The van der Waals surface area contributed by atoms with Crippen molar-refractivity contribution in [3.05, 3.63) is 65.5 Å². The van der Waals surface area contributed by atoms with Gasteiger partial charge in [-0.1, -0.05) is 0 Å². The Balaban J connectivity index is 1.66. The highest BCUT2D eigenvalue weighted by Gasteiger charge is 2.30. The lowest BCUT2D eigenvalue weighted by molar-refractivity contribution is -0.0498. The molecule has 2 aromatic carbocycles. The van der Waals surface area contributed by atoms with Gasteiger partial charge in [-0.3, -0.25) is 14.7 Å². The van der Waals surface area contributed by atoms with Crippen LogP contribution in [0.25, 0.3) is 5.69 Å². The number of nitrogens with zero attached hydrogens (tertiary/aromatic N) is 3. The molecule has 0 saturated carbocycles. The Morgan fingerprint density at radius 3 is 2.26 bits per heavy atom. The van der Waals surface area contributed by atoms with Crippen molar-refractivity contribution in [3.8, 4) is 17.2 Å². The summed E-state index contributed by atoms with van der Waals surface area (Å²) in [6, 6.07) is 6.83. The Labute approximate surface area is 222 Å². The van der Waals surface area contributed by atoms with Crippen molar-refractivity contribution in [1.82, 2.24) is 13.9 Å². The minimum absolute atomic E-state index is 0.0201. The van der Waals surface area contributed by atoms with Crippen molar-refractivity contribution < 1.29 is 40.2 Å². The molecule has 1 aliphatic rings. The molecule has 3 aromatic rings. The van der Waals surface area contributed by atoms with Gasteiger partial charge in [-0.25, -0.2) is 26.5 Å². The van der Waals surface area contributed by atoms with Gasteiger partial charge >= 0.3 is 6.61 Å². The van der Waals surface area contributed by atoms with Gasteiger partial charge in [0.1, 0.15) is 17.2 Å². The van der Waals surface area contributed by atoms with Gasteiger partial charge in [0.25, 0.3) is 5.91 Å². The van der Waals surface area contributed by atoms with Crippen molar-refractivity contribution in [2.45, 2.75) is 32.3 Å². The number of halogens is 4. The maximum atomic E-state index is 15.0. The summed E-state index contributed by atoms with van der Waals surface area (Å²) in [5.74, 6) is -3.29. The molecule has 9 nitrogen and oxygen atoms in total. The van der Waals surface area contributed by atoms with Gasteiger partial charge in [-0.2, -0.15) is 8.78 Å². The second kappa shape index (κ2) is 11.6. The molecule has 1 N–H and O–H groups in total. The Kier molecular flexibility index (Phi) is 8.45. The number of imidazole rings is 1. The number of anilines is 1. The van der Waals surface area contributed by atoms with Gasteiger partial charge in [0.05, 0.1) is 18.6 Å². The summed E-state index contributed by atoms with van der Waals surface area (Å²) >= 11 is 0. The van der Waals surface area contributed by atoms with Crippen molar-refractivity contribution in [3.63, 3.8) is 0 Å². The first-order valence-electron chi connectivity index (χ1n) is 12.0. The van der Waals surface area contributed by atoms with Crippen LogP contribution < -0.4 is 14.8 Å². The Morgan fingerprint density at radius 2 is 1.72 bits per heavy atom. The van der Waals surface area contributed by atoms with Gasteiger partial charge < -0.3 is 9.47 Å². The Hall–Kier alpha value is -3.65. The van der Waals surface area contributed by atoms with Crippen LogP contribution in [0.2, 0.25) is 0 Å². The molecule has 0 bridgehead atoms. The molecule has 1 amide bonds. The second-order valence-electron chi connectivity index (χ2n) is 8.73. The number of methoxy groups -OCH3 is 1. The lowest BCUT2D eigenvalue weighted by Crippen LogP contribution is -2.38. The van der Waals surface area contributed by atoms with Gasteiger partial charge in [-0.05, 0) is 44.0 Å². The highest BCUT2D eigenvalue weighted by Crippen LogP contribution is 2.33. The number of benzene rings is 2. The fourth-order valence-electron chi connectivity index (χ4n) is 4.32. The molecule has 0 spiro atoms. The van der Waals surface area contributed by atoms with Crippen molar-refractivity contribution in [2.24, 2.45) is 0 Å². The summed E-state index contributed by atoms with van der Waals surface area (Å²) in [7, 11) is -2.10. The third-order valence-electron chi connectivity index (χ3n) is 6.39. The van der Waals surface area contributed by atoms with Gasteiger partial charge in [0.15, 0.2) is 11.6 Å². The summed E-state index contributed by atoms with van der Waals surface area (Å²) in [6.07, 6.45) is 2.24. The summed E-state index contributed by atoms with van der Waals surface area (Å²) in [5.41, 5.74) is -0.0351. The smallest absolute Gasteiger partial charge is 0.387 e. The first kappa shape index (κ1) is 28.4. The van der Waals surface area contributed by atoms with E-state index < -0.39 is 39.9 Å². The molecule has 1 aromatic heterocycles. The van der Waals surface area contributed by atoms with E-state index in [1.807, 2.05) is 0 Å². The van der Waals surface area contributed by atoms with Gasteiger partial charge in [0, 0.05) is 42.9 Å². The van der Waals surface area contributed by atoms with E-state index in [-0.39, 0.29) is 47.8 Å². The van der Waals surface area contributed by atoms with E-state index in [0.29, 0.717) is 18.5 Å². The SMILES string of the molecule is CCS(=O)(=O)N1CCC(c2cn(-c3c(F)cc(OC)cc3F)c(NC(=O)c3ccc(OC(F)F)cc3)n2)CC1. The number of piperidine rings is 1. The second-order valence-corrected chi connectivity index (χ2v) is 11.0. The van der Waals surface area contributed by atoms with Crippen LogP contribution in [0.1, 0.15) is 41.7 Å². The number of amides is 1. The first-order valence-corrected chi connectivity index (χ1v) is 13.6. The van der Waals surface area contributed by atoms with Crippen LogP contribution in [-0.2, 0) is 10.0 Å². The average molecular weight is 571 g/mol. The van der Waals surface area contributed by atoms with Crippen LogP contribution >= 0.6 is 0 Å². The number of aromatic nitrogens is 2. The number of sulfonamides is 1. The molecular weight excluding hydrogens is 544 g/mol. The first-order chi connectivity index (χ1) is 18.5. The number of ether oxygens (including phenoxy) is 2. The third kappa shape index (κ3) is 6.33. The lowest BCUT2D eigenvalue weighted by atomic mass is 9.95. The highest BCUT2D eigenvalue weighted by molar-refractivity contribution is 7.89. The van der Waals surface area contributed by atoms with E-state index >= 15 is 8.78 Å². The molecule has 1 aliphatic heterocycles. The molecule has 0 atom stereocenters. The van der Waals surface area contributed by atoms with E-state index in [4.69, 9.17) is 4.74 Å². The minimum atomic E-state index is -3.36. The summed E-state index contributed by atoms with van der Waals surface area (Å²) in [6.45, 7) is -0.949. The van der Waals surface area contributed by atoms with Crippen LogP contribution in [0.15, 0.2) is 42.6 Å². The van der Waals surface area contributed by atoms with E-state index in [0.717, 1.165) is 16.7 Å². The van der Waals surface area contributed by atoms with Crippen LogP contribution in [0.5, 0.6) is 11.5 Å². The fraction of sp³-hybridized carbons (Fsp3) is 0.360. The highest BCUT2D eigenvalue weighted by atomic mass is 32.2. The zero-order valence-electron chi connectivity index (χ0n) is 21.0.